The van der Waals surface area contributed by atoms with E-state index in [-0.39, 0.29) is 0 Å². The van der Waals surface area contributed by atoms with Crippen LogP contribution in [0.4, 0.5) is 5.82 Å². The van der Waals surface area contributed by atoms with Crippen LogP contribution in [-0.2, 0) is 6.54 Å². The molecule has 0 aliphatic heterocycles. The van der Waals surface area contributed by atoms with Crippen molar-refractivity contribution in [3.63, 3.8) is 0 Å². The molecule has 1 aliphatic carbocycles. The molecule has 2 rings (SSSR count). The third-order valence-corrected chi connectivity index (χ3v) is 2.36. The summed E-state index contributed by atoms with van der Waals surface area (Å²) < 4.78 is 1.93. The number of hydrogen-bond donors (Lipinski definition) is 1. The van der Waals surface area contributed by atoms with E-state index in [4.69, 9.17) is 5.73 Å². The van der Waals surface area contributed by atoms with E-state index >= 15 is 0 Å². The number of anilines is 1. The fourth-order valence-corrected chi connectivity index (χ4v) is 1.52. The van der Waals surface area contributed by atoms with Gasteiger partial charge < -0.3 is 5.73 Å². The summed E-state index contributed by atoms with van der Waals surface area (Å²) in [6, 6.07) is 2.03. The Morgan fingerprint density at radius 2 is 2.31 bits per heavy atom. The lowest BCUT2D eigenvalue weighted by Crippen LogP contribution is -2.09. The second kappa shape index (κ2) is 3.05. The molecule has 3 heteroatoms. The second-order valence-electron chi connectivity index (χ2n) is 4.34. The van der Waals surface area contributed by atoms with Crippen LogP contribution in [-0.4, -0.2) is 9.78 Å². The Labute approximate surface area is 78.9 Å². The van der Waals surface area contributed by atoms with Crippen molar-refractivity contribution < 1.29 is 0 Å². The summed E-state index contributed by atoms with van der Waals surface area (Å²) in [4.78, 5) is 0. The molecule has 72 valence electrons. The van der Waals surface area contributed by atoms with Gasteiger partial charge in [-0.15, -0.1) is 0 Å². The Morgan fingerprint density at radius 3 is 2.85 bits per heavy atom. The molecule has 0 amide bonds. The summed E-state index contributed by atoms with van der Waals surface area (Å²) in [6.45, 7) is 5.29. The minimum Gasteiger partial charge on any atom is -0.384 e. The van der Waals surface area contributed by atoms with Gasteiger partial charge in [-0.2, -0.15) is 5.10 Å². The van der Waals surface area contributed by atoms with Gasteiger partial charge in [0.1, 0.15) is 5.82 Å². The molecule has 0 saturated heterocycles. The Bertz CT molecular complexity index is 297. The Kier molecular flexibility index (Phi) is 2.02. The first-order chi connectivity index (χ1) is 6.16. The van der Waals surface area contributed by atoms with Gasteiger partial charge in [0.15, 0.2) is 0 Å². The SMILES string of the molecule is CC(C)Cn1nc(C2CC2)cc1N. The fraction of sp³-hybridized carbons (Fsp3) is 0.700. The summed E-state index contributed by atoms with van der Waals surface area (Å²) in [5.41, 5.74) is 7.05. The maximum Gasteiger partial charge on any atom is 0.121 e. The van der Waals surface area contributed by atoms with Crippen LogP contribution in [0.5, 0.6) is 0 Å². The average molecular weight is 179 g/mol. The Balaban J connectivity index is 2.15. The molecule has 13 heavy (non-hydrogen) atoms. The van der Waals surface area contributed by atoms with Crippen molar-refractivity contribution in [3.05, 3.63) is 11.8 Å². The summed E-state index contributed by atoms with van der Waals surface area (Å²) in [6.07, 6.45) is 2.58. The van der Waals surface area contributed by atoms with E-state index in [1.54, 1.807) is 0 Å². The zero-order valence-electron chi connectivity index (χ0n) is 8.33. The molecule has 2 N–H and O–H groups in total. The zero-order valence-corrected chi connectivity index (χ0v) is 8.33. The van der Waals surface area contributed by atoms with Crippen molar-refractivity contribution in [2.75, 3.05) is 5.73 Å². The van der Waals surface area contributed by atoms with Crippen LogP contribution in [0.1, 0.15) is 38.3 Å². The number of aromatic nitrogens is 2. The first kappa shape index (κ1) is 8.60. The van der Waals surface area contributed by atoms with Gasteiger partial charge >= 0.3 is 0 Å². The number of hydrogen-bond acceptors (Lipinski definition) is 2. The molecule has 0 atom stereocenters. The maximum absolute atomic E-state index is 5.86. The molecule has 0 unspecified atom stereocenters. The highest BCUT2D eigenvalue weighted by molar-refractivity contribution is 5.33. The monoisotopic (exact) mass is 179 g/mol. The van der Waals surface area contributed by atoms with E-state index in [0.29, 0.717) is 11.8 Å². The number of rotatable bonds is 3. The van der Waals surface area contributed by atoms with Crippen LogP contribution in [0.2, 0.25) is 0 Å². The molecule has 1 aromatic rings. The third kappa shape index (κ3) is 1.85. The Hall–Kier alpha value is -0.990. The first-order valence-electron chi connectivity index (χ1n) is 5.00. The largest absolute Gasteiger partial charge is 0.384 e. The third-order valence-electron chi connectivity index (χ3n) is 2.36. The van der Waals surface area contributed by atoms with Crippen molar-refractivity contribution >= 4 is 5.82 Å². The van der Waals surface area contributed by atoms with Gasteiger partial charge in [-0.3, -0.25) is 0 Å². The predicted octanol–water partition coefficient (Wildman–Crippen LogP) is 2.00. The maximum atomic E-state index is 5.86. The summed E-state index contributed by atoms with van der Waals surface area (Å²) in [5.74, 6) is 2.13. The van der Waals surface area contributed by atoms with Crippen LogP contribution < -0.4 is 5.73 Å². The molecular weight excluding hydrogens is 162 g/mol. The van der Waals surface area contributed by atoms with Gasteiger partial charge in [0.2, 0.25) is 0 Å². The number of nitrogens with zero attached hydrogens (tertiary/aromatic N) is 2. The fourth-order valence-electron chi connectivity index (χ4n) is 1.52. The Morgan fingerprint density at radius 1 is 1.62 bits per heavy atom. The van der Waals surface area contributed by atoms with Crippen molar-refractivity contribution in [2.24, 2.45) is 5.92 Å². The number of nitrogen functional groups attached to an aromatic ring is 1. The number of nitrogens with two attached hydrogens (primary N) is 1. The van der Waals surface area contributed by atoms with Gasteiger partial charge in [-0.05, 0) is 18.8 Å². The van der Waals surface area contributed by atoms with Crippen molar-refractivity contribution in [2.45, 2.75) is 39.2 Å². The van der Waals surface area contributed by atoms with Crippen molar-refractivity contribution in [1.29, 1.82) is 0 Å². The molecule has 0 aromatic carbocycles. The van der Waals surface area contributed by atoms with E-state index in [1.165, 1.54) is 18.5 Å². The highest BCUT2D eigenvalue weighted by Crippen LogP contribution is 2.39. The van der Waals surface area contributed by atoms with Gasteiger partial charge in [0, 0.05) is 18.5 Å². The zero-order chi connectivity index (χ0) is 9.42. The van der Waals surface area contributed by atoms with Gasteiger partial charge in [0.05, 0.1) is 5.69 Å². The first-order valence-corrected chi connectivity index (χ1v) is 5.00. The van der Waals surface area contributed by atoms with Crippen LogP contribution in [0.25, 0.3) is 0 Å². The van der Waals surface area contributed by atoms with Gasteiger partial charge in [-0.1, -0.05) is 13.8 Å². The van der Waals surface area contributed by atoms with Crippen LogP contribution in [0.15, 0.2) is 6.07 Å². The standard InChI is InChI=1S/C10H17N3/c1-7(2)6-13-10(11)5-9(12-13)8-3-4-8/h5,7-8H,3-4,6,11H2,1-2H3. The topological polar surface area (TPSA) is 43.8 Å². The van der Waals surface area contributed by atoms with Gasteiger partial charge in [0.25, 0.3) is 0 Å². The minimum absolute atomic E-state index is 0.606. The lowest BCUT2D eigenvalue weighted by atomic mass is 10.2. The lowest BCUT2D eigenvalue weighted by Gasteiger charge is -2.05. The van der Waals surface area contributed by atoms with Crippen LogP contribution in [0.3, 0.4) is 0 Å². The lowest BCUT2D eigenvalue weighted by molar-refractivity contribution is 0.485. The quantitative estimate of drug-likeness (QED) is 0.771. The summed E-state index contributed by atoms with van der Waals surface area (Å²) in [5, 5.41) is 4.50. The predicted molar refractivity (Wildman–Crippen MR) is 53.5 cm³/mol. The molecule has 0 spiro atoms. The molecule has 1 fully saturated rings. The smallest absolute Gasteiger partial charge is 0.121 e. The summed E-state index contributed by atoms with van der Waals surface area (Å²) in [7, 11) is 0. The molecule has 1 heterocycles. The highest BCUT2D eigenvalue weighted by Gasteiger charge is 2.26. The van der Waals surface area contributed by atoms with Crippen LogP contribution >= 0.6 is 0 Å². The van der Waals surface area contributed by atoms with Crippen LogP contribution in [0, 0.1) is 5.92 Å². The second-order valence-corrected chi connectivity index (χ2v) is 4.34. The normalized spacial score (nSPS) is 16.8. The molecular formula is C10H17N3. The molecule has 1 aliphatic rings. The van der Waals surface area contributed by atoms with E-state index in [9.17, 15) is 0 Å². The van der Waals surface area contributed by atoms with Crippen molar-refractivity contribution in [3.8, 4) is 0 Å². The van der Waals surface area contributed by atoms with E-state index < -0.39 is 0 Å². The molecule has 0 bridgehead atoms. The van der Waals surface area contributed by atoms with Crippen molar-refractivity contribution in [1.82, 2.24) is 9.78 Å². The molecule has 1 saturated carbocycles. The highest BCUT2D eigenvalue weighted by atomic mass is 15.3. The van der Waals surface area contributed by atoms with E-state index in [1.807, 2.05) is 10.7 Å². The van der Waals surface area contributed by atoms with Gasteiger partial charge in [-0.25, -0.2) is 4.68 Å². The van der Waals surface area contributed by atoms with E-state index in [0.717, 1.165) is 12.4 Å². The molecule has 3 nitrogen and oxygen atoms in total. The minimum atomic E-state index is 0.606. The molecule has 0 radical (unpaired) electrons. The van der Waals surface area contributed by atoms with E-state index in [2.05, 4.69) is 18.9 Å². The average Bonchev–Trinajstić information content (AvgIpc) is 2.79. The molecule has 1 aromatic heterocycles. The summed E-state index contributed by atoms with van der Waals surface area (Å²) >= 11 is 0.